The third-order valence-electron chi connectivity index (χ3n) is 4.49. The molecule has 0 heterocycles. The minimum Gasteiger partial charge on any atom is -1.00 e. The van der Waals surface area contributed by atoms with Gasteiger partial charge in [-0.3, -0.25) is 0 Å². The summed E-state index contributed by atoms with van der Waals surface area (Å²) in [6.45, 7) is 8.77. The zero-order chi connectivity index (χ0) is 16.6. The van der Waals surface area contributed by atoms with Crippen molar-refractivity contribution in [3.63, 3.8) is 0 Å². The molecule has 0 spiro atoms. The molecule has 2 aromatic rings. The molecule has 0 aliphatic heterocycles. The molecule has 0 N–H and O–H groups in total. The summed E-state index contributed by atoms with van der Waals surface area (Å²) in [5.41, 5.74) is 8.16. The second-order valence-electron chi connectivity index (χ2n) is 6.93. The van der Waals surface area contributed by atoms with Gasteiger partial charge in [0.15, 0.2) is 0 Å². The van der Waals surface area contributed by atoms with E-state index in [1.165, 1.54) is 33.4 Å². The predicted octanol–water partition coefficient (Wildman–Crippen LogP) is -3.10. The van der Waals surface area contributed by atoms with Crippen molar-refractivity contribution in [1.82, 2.24) is 0 Å². The summed E-state index contributed by atoms with van der Waals surface area (Å²) in [7, 11) is 0. The van der Waals surface area contributed by atoms with E-state index in [9.17, 15) is 0 Å². The normalized spacial score (nSPS) is 13.8. The summed E-state index contributed by atoms with van der Waals surface area (Å²) in [6, 6.07) is 13.9. The molecule has 0 amide bonds. The molecule has 2 aromatic carbocycles. The third kappa shape index (κ3) is 5.50. The van der Waals surface area contributed by atoms with E-state index in [0.717, 1.165) is 0 Å². The number of halogens is 3. The van der Waals surface area contributed by atoms with Crippen LogP contribution < -0.4 is 37.2 Å². The van der Waals surface area contributed by atoms with Crippen molar-refractivity contribution in [2.75, 3.05) is 0 Å². The molecule has 0 saturated heterocycles. The number of hydrogen-bond acceptors (Lipinski definition) is 0. The van der Waals surface area contributed by atoms with Crippen molar-refractivity contribution in [3.05, 3.63) is 94.1 Å². The maximum absolute atomic E-state index is 2.35. The molecule has 26 heavy (non-hydrogen) atoms. The molecule has 136 valence electrons. The molecule has 0 aromatic heterocycles. The van der Waals surface area contributed by atoms with Crippen molar-refractivity contribution < 1.29 is 57.7 Å². The van der Waals surface area contributed by atoms with E-state index in [1.807, 2.05) is 0 Å². The zero-order valence-corrected chi connectivity index (χ0v) is 19.3. The van der Waals surface area contributed by atoms with Crippen LogP contribution in [0, 0.1) is 27.7 Å². The Morgan fingerprint density at radius 1 is 0.615 bits per heavy atom. The van der Waals surface area contributed by atoms with Gasteiger partial charge in [-0.2, -0.15) is 0 Å². The molecule has 0 fully saturated rings. The Labute approximate surface area is 188 Å². The molecular weight excluding hydrogens is 418 g/mol. The van der Waals surface area contributed by atoms with Crippen molar-refractivity contribution in [2.45, 2.75) is 37.3 Å². The predicted molar refractivity (Wildman–Crippen MR) is 94.6 cm³/mol. The molecule has 0 bridgehead atoms. The maximum atomic E-state index is 2.35. The number of benzene rings is 2. The van der Waals surface area contributed by atoms with Crippen molar-refractivity contribution in [1.29, 1.82) is 0 Å². The van der Waals surface area contributed by atoms with Gasteiger partial charge in [0, 0.05) is 0 Å². The average molecular weight is 442 g/mol. The molecule has 0 saturated carbocycles. The molecule has 1 aliphatic carbocycles. The SMILES string of the molecule is Cc1cc(C)cc(C(c2cc(C)cc(C)c2)[C]2([Ti+3])C=CC=C2)c1.[Cl-].[Cl-].[Cl-]. The number of aryl methyl sites for hydroxylation is 4. The van der Waals surface area contributed by atoms with Crippen molar-refractivity contribution in [3.8, 4) is 0 Å². The minimum atomic E-state index is 0. The maximum Gasteiger partial charge on any atom is -1.00 e. The van der Waals surface area contributed by atoms with Crippen LogP contribution in [0.2, 0.25) is 3.72 Å². The average Bonchev–Trinajstić information content (AvgIpc) is 2.84. The van der Waals surface area contributed by atoms with E-state index in [-0.39, 0.29) is 40.9 Å². The van der Waals surface area contributed by atoms with Gasteiger partial charge in [0.2, 0.25) is 0 Å². The van der Waals surface area contributed by atoms with Crippen LogP contribution in [0.4, 0.5) is 0 Å². The van der Waals surface area contributed by atoms with Crippen LogP contribution in [-0.4, -0.2) is 0 Å². The molecule has 0 unspecified atom stereocenters. The molecule has 0 nitrogen and oxygen atoms in total. The van der Waals surface area contributed by atoms with Crippen LogP contribution in [0.3, 0.4) is 0 Å². The Balaban J connectivity index is 0.00000208. The summed E-state index contributed by atoms with van der Waals surface area (Å²) in [5.74, 6) is 0.342. The summed E-state index contributed by atoms with van der Waals surface area (Å²) in [4.78, 5) is 0. The van der Waals surface area contributed by atoms with Crippen LogP contribution in [0.15, 0.2) is 60.7 Å². The first-order valence-corrected chi connectivity index (χ1v) is 8.94. The Hall–Kier alpha value is -0.496. The molecule has 0 radical (unpaired) electrons. The van der Waals surface area contributed by atoms with Gasteiger partial charge in [0.1, 0.15) is 0 Å². The largest absolute Gasteiger partial charge is 1.00 e. The van der Waals surface area contributed by atoms with E-state index in [4.69, 9.17) is 0 Å². The monoisotopic (exact) mass is 440 g/mol. The minimum absolute atomic E-state index is 0. The van der Waals surface area contributed by atoms with Crippen LogP contribution >= 0.6 is 0 Å². The molecule has 4 heteroatoms. The standard InChI is InChI=1S/C22H23.3ClH.Ti/c1-15-9-16(2)12-20(11-15)22(19-7-5-6-8-19)21-13-17(3)10-18(4)14-21;;;;/h5-14,22H,1-4H3;3*1H;/q;;;;+3/p-3. The molecular formula is C22H23Cl3Ti. The van der Waals surface area contributed by atoms with Gasteiger partial charge in [-0.05, 0) is 0 Å². The fourth-order valence-electron chi connectivity index (χ4n) is 3.77. The summed E-state index contributed by atoms with van der Waals surface area (Å²) in [6.07, 6.45) is 9.04. The first-order valence-electron chi connectivity index (χ1n) is 8.16. The third-order valence-corrected chi connectivity index (χ3v) is 5.46. The van der Waals surface area contributed by atoms with Gasteiger partial charge in [0.05, 0.1) is 0 Å². The fraction of sp³-hybridized carbons (Fsp3) is 0.273. The van der Waals surface area contributed by atoms with E-state index < -0.39 is 0 Å². The Bertz CT molecular complexity index is 705. The van der Waals surface area contributed by atoms with E-state index in [1.54, 1.807) is 0 Å². The van der Waals surface area contributed by atoms with Crippen molar-refractivity contribution in [2.24, 2.45) is 0 Å². The van der Waals surface area contributed by atoms with Crippen LogP contribution in [0.1, 0.15) is 39.3 Å². The van der Waals surface area contributed by atoms with E-state index in [2.05, 4.69) is 109 Å². The van der Waals surface area contributed by atoms with Crippen LogP contribution in [0.25, 0.3) is 0 Å². The van der Waals surface area contributed by atoms with E-state index in [0.29, 0.717) is 5.92 Å². The number of allylic oxidation sites excluding steroid dienone is 4. The first-order chi connectivity index (χ1) is 10.9. The topological polar surface area (TPSA) is 0 Å². The fourth-order valence-corrected chi connectivity index (χ4v) is 4.60. The van der Waals surface area contributed by atoms with E-state index >= 15 is 0 Å². The second-order valence-corrected chi connectivity index (χ2v) is 8.28. The summed E-state index contributed by atoms with van der Waals surface area (Å²) < 4.78 is 0.0282. The van der Waals surface area contributed by atoms with Gasteiger partial charge in [-0.1, -0.05) is 0 Å². The number of rotatable bonds is 3. The second kappa shape index (κ2) is 10.2. The van der Waals surface area contributed by atoms with Gasteiger partial charge < -0.3 is 37.2 Å². The van der Waals surface area contributed by atoms with Crippen molar-refractivity contribution >= 4 is 0 Å². The first kappa shape index (κ1) is 25.5. The Morgan fingerprint density at radius 2 is 0.923 bits per heavy atom. The quantitative estimate of drug-likeness (QED) is 0.443. The Kier molecular flexibility index (Phi) is 9.97. The number of hydrogen-bond donors (Lipinski definition) is 0. The summed E-state index contributed by atoms with van der Waals surface area (Å²) >= 11 is 2.34. The van der Waals surface area contributed by atoms with Gasteiger partial charge in [-0.25, -0.2) is 0 Å². The zero-order valence-electron chi connectivity index (χ0n) is 15.5. The van der Waals surface area contributed by atoms with Gasteiger partial charge in [-0.15, -0.1) is 0 Å². The molecule has 1 aliphatic rings. The smallest absolute Gasteiger partial charge is 1.00 e. The molecule has 3 rings (SSSR count). The van der Waals surface area contributed by atoms with Gasteiger partial charge >= 0.3 is 152 Å². The van der Waals surface area contributed by atoms with Crippen LogP contribution in [-0.2, 0) is 20.4 Å². The van der Waals surface area contributed by atoms with Crippen LogP contribution in [0.5, 0.6) is 0 Å². The molecule has 0 atom stereocenters. The summed E-state index contributed by atoms with van der Waals surface area (Å²) in [5, 5.41) is 0. The Morgan fingerprint density at radius 3 is 1.23 bits per heavy atom. The van der Waals surface area contributed by atoms with Gasteiger partial charge in [0.25, 0.3) is 0 Å².